The topological polar surface area (TPSA) is 32.8 Å². The summed E-state index contributed by atoms with van der Waals surface area (Å²) in [5.74, 6) is -0.432. The second kappa shape index (κ2) is 6.32. The third-order valence-corrected chi connectivity index (χ3v) is 2.43. The summed E-state index contributed by atoms with van der Waals surface area (Å²) in [4.78, 5) is 18.0. The van der Waals surface area contributed by atoms with Crippen LogP contribution in [0.15, 0.2) is 24.3 Å². The SMILES string of the molecule is CON(C)C(=O)CN(C)Cc1ccccc1F. The lowest BCUT2D eigenvalue weighted by atomic mass is 10.2. The molecule has 4 nitrogen and oxygen atoms in total. The van der Waals surface area contributed by atoms with Crippen LogP contribution < -0.4 is 0 Å². The summed E-state index contributed by atoms with van der Waals surface area (Å²) in [6.07, 6.45) is 0. The Labute approximate surface area is 101 Å². The van der Waals surface area contributed by atoms with Crippen molar-refractivity contribution in [2.75, 3.05) is 27.7 Å². The molecule has 5 heteroatoms. The van der Waals surface area contributed by atoms with Crippen LogP contribution in [0, 0.1) is 5.82 Å². The average Bonchev–Trinajstić information content (AvgIpc) is 2.31. The van der Waals surface area contributed by atoms with E-state index in [2.05, 4.69) is 0 Å². The molecule has 0 radical (unpaired) electrons. The third-order valence-electron chi connectivity index (χ3n) is 2.43. The maximum Gasteiger partial charge on any atom is 0.259 e. The molecule has 0 saturated carbocycles. The van der Waals surface area contributed by atoms with Crippen LogP contribution in [-0.4, -0.2) is 43.6 Å². The fraction of sp³-hybridized carbons (Fsp3) is 0.417. The summed E-state index contributed by atoms with van der Waals surface area (Å²) in [7, 11) is 4.72. The number of likely N-dealkylation sites (N-methyl/N-ethyl adjacent to an activating group) is 2. The molecule has 0 aliphatic carbocycles. The average molecular weight is 240 g/mol. The van der Waals surface area contributed by atoms with E-state index in [1.807, 2.05) is 0 Å². The summed E-state index contributed by atoms with van der Waals surface area (Å²) in [5, 5.41) is 1.15. The van der Waals surface area contributed by atoms with Crippen molar-refractivity contribution >= 4 is 5.91 Å². The number of hydroxylamine groups is 2. The summed E-state index contributed by atoms with van der Waals surface area (Å²) in [5.41, 5.74) is 0.572. The molecule has 94 valence electrons. The van der Waals surface area contributed by atoms with E-state index in [1.54, 1.807) is 37.2 Å². The number of hydrogen-bond acceptors (Lipinski definition) is 3. The van der Waals surface area contributed by atoms with Crippen molar-refractivity contribution < 1.29 is 14.0 Å². The second-order valence-electron chi connectivity index (χ2n) is 3.84. The lowest BCUT2D eigenvalue weighted by molar-refractivity contribution is -0.169. The molecular formula is C12H17FN2O2. The van der Waals surface area contributed by atoms with Gasteiger partial charge in [-0.25, -0.2) is 9.45 Å². The Balaban J connectivity index is 2.53. The van der Waals surface area contributed by atoms with Gasteiger partial charge in [0.15, 0.2) is 0 Å². The molecule has 0 aromatic heterocycles. The number of nitrogens with zero attached hydrogens (tertiary/aromatic N) is 2. The van der Waals surface area contributed by atoms with Crippen molar-refractivity contribution in [1.82, 2.24) is 9.96 Å². The van der Waals surface area contributed by atoms with Crippen LogP contribution in [0.4, 0.5) is 4.39 Å². The van der Waals surface area contributed by atoms with Crippen LogP contribution in [0.5, 0.6) is 0 Å². The van der Waals surface area contributed by atoms with Crippen LogP contribution >= 0.6 is 0 Å². The monoisotopic (exact) mass is 240 g/mol. The molecular weight excluding hydrogens is 223 g/mol. The summed E-state index contributed by atoms with van der Waals surface area (Å²) in [6.45, 7) is 0.564. The molecule has 1 aromatic rings. The number of hydrogen-bond donors (Lipinski definition) is 0. The standard InChI is InChI=1S/C12H17FN2O2/c1-14(9-12(16)15(2)17-3)8-10-6-4-5-7-11(10)13/h4-7H,8-9H2,1-3H3. The van der Waals surface area contributed by atoms with Gasteiger partial charge in [-0.3, -0.25) is 14.5 Å². The van der Waals surface area contributed by atoms with Crippen molar-refractivity contribution in [1.29, 1.82) is 0 Å². The van der Waals surface area contributed by atoms with Gasteiger partial charge in [0.1, 0.15) is 5.82 Å². The van der Waals surface area contributed by atoms with Gasteiger partial charge >= 0.3 is 0 Å². The Morgan fingerprint density at radius 3 is 2.59 bits per heavy atom. The fourth-order valence-corrected chi connectivity index (χ4v) is 1.41. The molecule has 0 fully saturated rings. The zero-order valence-corrected chi connectivity index (χ0v) is 10.3. The zero-order chi connectivity index (χ0) is 12.8. The van der Waals surface area contributed by atoms with E-state index in [0.717, 1.165) is 5.06 Å². The van der Waals surface area contributed by atoms with E-state index in [4.69, 9.17) is 4.84 Å². The number of rotatable bonds is 5. The minimum Gasteiger partial charge on any atom is -0.293 e. The summed E-state index contributed by atoms with van der Waals surface area (Å²) >= 11 is 0. The number of halogens is 1. The second-order valence-corrected chi connectivity index (χ2v) is 3.84. The maximum atomic E-state index is 13.4. The number of benzene rings is 1. The van der Waals surface area contributed by atoms with Crippen molar-refractivity contribution in [2.45, 2.75) is 6.54 Å². The highest BCUT2D eigenvalue weighted by Gasteiger charge is 2.12. The predicted octanol–water partition coefficient (Wildman–Crippen LogP) is 1.28. The van der Waals surface area contributed by atoms with Crippen molar-refractivity contribution in [3.63, 3.8) is 0 Å². The molecule has 17 heavy (non-hydrogen) atoms. The lowest BCUT2D eigenvalue weighted by Crippen LogP contribution is -2.35. The number of carbonyl (C=O) groups excluding carboxylic acids is 1. The van der Waals surface area contributed by atoms with E-state index in [9.17, 15) is 9.18 Å². The van der Waals surface area contributed by atoms with Crippen molar-refractivity contribution in [2.24, 2.45) is 0 Å². The van der Waals surface area contributed by atoms with Gasteiger partial charge in [0.05, 0.1) is 13.7 Å². The van der Waals surface area contributed by atoms with Crippen LogP contribution in [0.2, 0.25) is 0 Å². The Hall–Kier alpha value is -1.46. The Morgan fingerprint density at radius 2 is 2.00 bits per heavy atom. The van der Waals surface area contributed by atoms with Gasteiger partial charge in [-0.15, -0.1) is 0 Å². The highest BCUT2D eigenvalue weighted by Crippen LogP contribution is 2.08. The van der Waals surface area contributed by atoms with E-state index in [0.29, 0.717) is 12.1 Å². The molecule has 1 aromatic carbocycles. The lowest BCUT2D eigenvalue weighted by Gasteiger charge is -2.20. The first-order chi connectivity index (χ1) is 8.04. The minimum atomic E-state index is -0.258. The van der Waals surface area contributed by atoms with Gasteiger partial charge in [-0.1, -0.05) is 18.2 Å². The largest absolute Gasteiger partial charge is 0.293 e. The summed E-state index contributed by atoms with van der Waals surface area (Å²) < 4.78 is 13.4. The van der Waals surface area contributed by atoms with Gasteiger partial charge in [-0.2, -0.15) is 0 Å². The van der Waals surface area contributed by atoms with Crippen LogP contribution in [0.1, 0.15) is 5.56 Å². The molecule has 0 N–H and O–H groups in total. The fourth-order valence-electron chi connectivity index (χ4n) is 1.41. The van der Waals surface area contributed by atoms with Gasteiger partial charge in [-0.05, 0) is 13.1 Å². The molecule has 0 heterocycles. The highest BCUT2D eigenvalue weighted by molar-refractivity contribution is 5.76. The first-order valence-electron chi connectivity index (χ1n) is 5.27. The number of amides is 1. The quantitative estimate of drug-likeness (QED) is 0.727. The first kappa shape index (κ1) is 13.6. The van der Waals surface area contributed by atoms with Crippen LogP contribution in [0.25, 0.3) is 0 Å². The van der Waals surface area contributed by atoms with Crippen molar-refractivity contribution in [3.8, 4) is 0 Å². The Kier molecular flexibility index (Phi) is 5.06. The van der Waals surface area contributed by atoms with E-state index >= 15 is 0 Å². The van der Waals surface area contributed by atoms with Gasteiger partial charge < -0.3 is 0 Å². The molecule has 0 unspecified atom stereocenters. The molecule has 1 rings (SSSR count). The molecule has 0 aliphatic heterocycles. The van der Waals surface area contributed by atoms with Crippen molar-refractivity contribution in [3.05, 3.63) is 35.6 Å². The Bertz CT molecular complexity index is 385. The molecule has 0 saturated heterocycles. The predicted molar refractivity (Wildman–Crippen MR) is 62.5 cm³/mol. The Morgan fingerprint density at radius 1 is 1.35 bits per heavy atom. The zero-order valence-electron chi connectivity index (χ0n) is 10.3. The normalized spacial score (nSPS) is 10.6. The van der Waals surface area contributed by atoms with E-state index in [-0.39, 0.29) is 18.3 Å². The van der Waals surface area contributed by atoms with Gasteiger partial charge in [0.2, 0.25) is 0 Å². The molecule has 0 spiro atoms. The summed E-state index contributed by atoms with van der Waals surface area (Å²) in [6, 6.07) is 6.53. The maximum absolute atomic E-state index is 13.4. The number of carbonyl (C=O) groups is 1. The minimum absolute atomic E-state index is 0.175. The highest BCUT2D eigenvalue weighted by atomic mass is 19.1. The molecule has 0 atom stereocenters. The van der Waals surface area contributed by atoms with Crippen LogP contribution in [0.3, 0.4) is 0 Å². The van der Waals surface area contributed by atoms with E-state index in [1.165, 1.54) is 13.2 Å². The molecule has 0 bridgehead atoms. The van der Waals surface area contributed by atoms with Gasteiger partial charge in [0, 0.05) is 19.2 Å². The van der Waals surface area contributed by atoms with E-state index < -0.39 is 0 Å². The molecule has 1 amide bonds. The third kappa shape index (κ3) is 4.13. The van der Waals surface area contributed by atoms with Gasteiger partial charge in [0.25, 0.3) is 5.91 Å². The van der Waals surface area contributed by atoms with Crippen LogP contribution in [-0.2, 0) is 16.2 Å². The smallest absolute Gasteiger partial charge is 0.259 e. The molecule has 0 aliphatic rings. The first-order valence-corrected chi connectivity index (χ1v) is 5.27.